The number of halogens is 1. The van der Waals surface area contributed by atoms with E-state index in [1.807, 2.05) is 35.7 Å². The van der Waals surface area contributed by atoms with Crippen LogP contribution in [-0.2, 0) is 0 Å². The Morgan fingerprint density at radius 2 is 1.87 bits per heavy atom. The van der Waals surface area contributed by atoms with Crippen LogP contribution in [0.5, 0.6) is 11.5 Å². The molecule has 6 heteroatoms. The van der Waals surface area contributed by atoms with Crippen LogP contribution >= 0.6 is 23.5 Å². The quantitative estimate of drug-likeness (QED) is 0.598. The maximum atomic E-state index is 13.7. The molecular weight excluding hydrogens is 335 g/mol. The lowest BCUT2D eigenvalue weighted by atomic mass is 10.2. The van der Waals surface area contributed by atoms with Gasteiger partial charge in [0.05, 0.1) is 17.3 Å². The van der Waals surface area contributed by atoms with Gasteiger partial charge < -0.3 is 9.47 Å². The zero-order chi connectivity index (χ0) is 16.2. The summed E-state index contributed by atoms with van der Waals surface area (Å²) < 4.78 is 24.7. The predicted octanol–water partition coefficient (Wildman–Crippen LogP) is 4.53. The molecule has 0 spiro atoms. The fraction of sp³-hybridized carbons (Fsp3) is 0.235. The van der Waals surface area contributed by atoms with E-state index < -0.39 is 11.8 Å². The molecule has 0 N–H and O–H groups in total. The number of carbonyl (C=O) groups is 1. The van der Waals surface area contributed by atoms with Crippen molar-refractivity contribution in [2.75, 3.05) is 18.6 Å². The Morgan fingerprint density at radius 3 is 2.57 bits per heavy atom. The minimum Gasteiger partial charge on any atom is -0.493 e. The molecule has 1 heterocycles. The Morgan fingerprint density at radius 1 is 1.13 bits per heavy atom. The van der Waals surface area contributed by atoms with Crippen LogP contribution in [-0.4, -0.2) is 24.6 Å². The van der Waals surface area contributed by atoms with Gasteiger partial charge in [0.15, 0.2) is 11.5 Å². The number of esters is 1. The number of methoxy groups -OCH3 is 1. The van der Waals surface area contributed by atoms with Crippen molar-refractivity contribution in [2.45, 2.75) is 4.58 Å². The van der Waals surface area contributed by atoms with Gasteiger partial charge in [0.25, 0.3) is 0 Å². The number of rotatable bonds is 4. The average molecular weight is 350 g/mol. The summed E-state index contributed by atoms with van der Waals surface area (Å²) in [5.41, 5.74) is 1.03. The molecule has 0 radical (unpaired) electrons. The van der Waals surface area contributed by atoms with Crippen LogP contribution in [0, 0.1) is 5.82 Å². The summed E-state index contributed by atoms with van der Waals surface area (Å²) in [6.07, 6.45) is 0. The summed E-state index contributed by atoms with van der Waals surface area (Å²) in [6.45, 7) is 0. The van der Waals surface area contributed by atoms with Crippen LogP contribution in [0.25, 0.3) is 0 Å². The Hall–Kier alpha value is -1.66. The van der Waals surface area contributed by atoms with E-state index in [4.69, 9.17) is 9.47 Å². The summed E-state index contributed by atoms with van der Waals surface area (Å²) in [6, 6.07) is 11.2. The minimum atomic E-state index is -0.737. The Labute approximate surface area is 142 Å². The third-order valence-electron chi connectivity index (χ3n) is 3.38. The highest BCUT2D eigenvalue weighted by atomic mass is 32.2. The summed E-state index contributed by atoms with van der Waals surface area (Å²) in [5, 5.41) is 0. The molecule has 120 valence electrons. The van der Waals surface area contributed by atoms with Crippen molar-refractivity contribution < 1.29 is 18.7 Å². The van der Waals surface area contributed by atoms with Gasteiger partial charge in [-0.05, 0) is 29.8 Å². The Kier molecular flexibility index (Phi) is 5.13. The van der Waals surface area contributed by atoms with Gasteiger partial charge in [0.1, 0.15) is 5.82 Å². The first-order valence-corrected chi connectivity index (χ1v) is 9.16. The second-order valence-corrected chi connectivity index (χ2v) is 7.58. The molecule has 0 unspecified atom stereocenters. The molecule has 3 rings (SSSR count). The van der Waals surface area contributed by atoms with Crippen molar-refractivity contribution in [1.29, 1.82) is 0 Å². The molecule has 1 aliphatic heterocycles. The van der Waals surface area contributed by atoms with E-state index in [9.17, 15) is 9.18 Å². The number of benzene rings is 2. The number of carbonyl (C=O) groups excluding carboxylic acids is 1. The monoisotopic (exact) mass is 350 g/mol. The number of hydrogen-bond donors (Lipinski definition) is 0. The molecule has 1 fully saturated rings. The highest BCUT2D eigenvalue weighted by Gasteiger charge is 2.21. The van der Waals surface area contributed by atoms with E-state index in [1.165, 1.54) is 25.3 Å². The van der Waals surface area contributed by atoms with Crippen molar-refractivity contribution >= 4 is 29.5 Å². The van der Waals surface area contributed by atoms with Crippen molar-refractivity contribution in [3.63, 3.8) is 0 Å². The first kappa shape index (κ1) is 16.2. The number of hydrogen-bond acceptors (Lipinski definition) is 5. The molecule has 0 bridgehead atoms. The fourth-order valence-corrected chi connectivity index (χ4v) is 5.09. The first-order valence-electron chi connectivity index (χ1n) is 7.07. The second kappa shape index (κ2) is 7.27. The lowest BCUT2D eigenvalue weighted by Gasteiger charge is -2.13. The van der Waals surface area contributed by atoms with Crippen molar-refractivity contribution in [2.24, 2.45) is 0 Å². The normalized spacial score (nSPS) is 14.7. The number of thioether (sulfide) groups is 2. The third kappa shape index (κ3) is 3.64. The molecule has 1 aliphatic rings. The predicted molar refractivity (Wildman–Crippen MR) is 92.0 cm³/mol. The van der Waals surface area contributed by atoms with Gasteiger partial charge in [-0.2, -0.15) is 0 Å². The molecule has 0 atom stereocenters. The van der Waals surface area contributed by atoms with E-state index in [0.717, 1.165) is 17.1 Å². The van der Waals surface area contributed by atoms with Crippen molar-refractivity contribution in [3.05, 3.63) is 59.4 Å². The Bertz CT molecular complexity index is 715. The highest BCUT2D eigenvalue weighted by molar-refractivity contribution is 8.19. The Balaban J connectivity index is 1.82. The average Bonchev–Trinajstić information content (AvgIpc) is 3.10. The molecule has 3 nitrogen and oxygen atoms in total. The maximum Gasteiger partial charge on any atom is 0.346 e. The van der Waals surface area contributed by atoms with Crippen molar-refractivity contribution in [1.82, 2.24) is 0 Å². The van der Waals surface area contributed by atoms with E-state index >= 15 is 0 Å². The van der Waals surface area contributed by atoms with Gasteiger partial charge in [-0.1, -0.05) is 18.2 Å². The van der Waals surface area contributed by atoms with Gasteiger partial charge in [-0.15, -0.1) is 23.5 Å². The summed E-state index contributed by atoms with van der Waals surface area (Å²) in [7, 11) is 1.52. The SMILES string of the molecule is COc1cc(C2SCCS2)ccc1OC(=O)c1ccccc1F. The molecule has 1 saturated heterocycles. The minimum absolute atomic E-state index is 0.0967. The zero-order valence-corrected chi connectivity index (χ0v) is 14.1. The van der Waals surface area contributed by atoms with Crippen LogP contribution in [0.1, 0.15) is 20.5 Å². The van der Waals surface area contributed by atoms with Gasteiger partial charge >= 0.3 is 5.97 Å². The van der Waals surface area contributed by atoms with E-state index in [0.29, 0.717) is 10.3 Å². The highest BCUT2D eigenvalue weighted by Crippen LogP contribution is 2.47. The smallest absolute Gasteiger partial charge is 0.346 e. The molecule has 0 amide bonds. The van der Waals surface area contributed by atoms with E-state index in [-0.39, 0.29) is 11.3 Å². The largest absolute Gasteiger partial charge is 0.493 e. The zero-order valence-electron chi connectivity index (χ0n) is 12.5. The first-order chi connectivity index (χ1) is 11.2. The molecule has 23 heavy (non-hydrogen) atoms. The molecule has 0 aromatic heterocycles. The third-order valence-corrected chi connectivity index (χ3v) is 6.48. The summed E-state index contributed by atoms with van der Waals surface area (Å²) in [5.74, 6) is 1.67. The molecular formula is C17H15FO3S2. The maximum absolute atomic E-state index is 13.7. The van der Waals surface area contributed by atoms with Gasteiger partial charge in [0.2, 0.25) is 0 Å². The van der Waals surface area contributed by atoms with Crippen LogP contribution < -0.4 is 9.47 Å². The van der Waals surface area contributed by atoms with E-state index in [1.54, 1.807) is 12.1 Å². The van der Waals surface area contributed by atoms with Crippen LogP contribution in [0.3, 0.4) is 0 Å². The molecule has 2 aromatic rings. The lowest BCUT2D eigenvalue weighted by molar-refractivity contribution is 0.0725. The lowest BCUT2D eigenvalue weighted by Crippen LogP contribution is -2.11. The standard InChI is InChI=1S/C17H15FO3S2/c1-20-15-10-11(17-22-8-9-23-17)6-7-14(15)21-16(19)12-4-2-3-5-13(12)18/h2-7,10,17H,8-9H2,1H3. The van der Waals surface area contributed by atoms with Crippen LogP contribution in [0.4, 0.5) is 4.39 Å². The van der Waals surface area contributed by atoms with Gasteiger partial charge in [0, 0.05) is 11.5 Å². The summed E-state index contributed by atoms with van der Waals surface area (Å²) >= 11 is 3.77. The molecule has 0 saturated carbocycles. The van der Waals surface area contributed by atoms with Crippen LogP contribution in [0.15, 0.2) is 42.5 Å². The van der Waals surface area contributed by atoms with E-state index in [2.05, 4.69) is 0 Å². The number of ether oxygens (including phenoxy) is 2. The topological polar surface area (TPSA) is 35.5 Å². The van der Waals surface area contributed by atoms with Crippen molar-refractivity contribution in [3.8, 4) is 11.5 Å². The van der Waals surface area contributed by atoms with Gasteiger partial charge in [-0.3, -0.25) is 0 Å². The van der Waals surface area contributed by atoms with Crippen LogP contribution in [0.2, 0.25) is 0 Å². The van der Waals surface area contributed by atoms with Gasteiger partial charge in [-0.25, -0.2) is 9.18 Å². The molecule has 2 aromatic carbocycles. The summed E-state index contributed by atoms with van der Waals surface area (Å²) in [4.78, 5) is 12.1. The fourth-order valence-electron chi connectivity index (χ4n) is 2.25. The molecule has 0 aliphatic carbocycles. The second-order valence-electron chi connectivity index (χ2n) is 4.85.